The van der Waals surface area contributed by atoms with Gasteiger partial charge in [0.25, 0.3) is 0 Å². The molecule has 1 rings (SSSR count). The molecule has 0 radical (unpaired) electrons. The molecular weight excluding hydrogens is 210 g/mol. The van der Waals surface area contributed by atoms with Crippen LogP contribution in [0.15, 0.2) is 6.07 Å². The van der Waals surface area contributed by atoms with Gasteiger partial charge in [-0.05, 0) is 52.1 Å². The van der Waals surface area contributed by atoms with Crippen LogP contribution in [0.4, 0.5) is 0 Å². The molecule has 98 valence electrons. The SMILES string of the molecule is CCn1nc(C)cc1CCC(CC(C)C)NC. The van der Waals surface area contributed by atoms with E-state index in [9.17, 15) is 0 Å². The zero-order chi connectivity index (χ0) is 12.8. The van der Waals surface area contributed by atoms with Gasteiger partial charge in [-0.25, -0.2) is 0 Å². The highest BCUT2D eigenvalue weighted by Crippen LogP contribution is 2.12. The molecule has 3 nitrogen and oxygen atoms in total. The lowest BCUT2D eigenvalue weighted by molar-refractivity contribution is 0.417. The quantitative estimate of drug-likeness (QED) is 0.790. The van der Waals surface area contributed by atoms with Crippen LogP contribution in [-0.2, 0) is 13.0 Å². The normalized spacial score (nSPS) is 13.3. The fourth-order valence-electron chi connectivity index (χ4n) is 2.35. The van der Waals surface area contributed by atoms with E-state index in [4.69, 9.17) is 0 Å². The van der Waals surface area contributed by atoms with E-state index in [1.165, 1.54) is 18.5 Å². The zero-order valence-corrected chi connectivity index (χ0v) is 12.0. The van der Waals surface area contributed by atoms with Gasteiger partial charge in [0.05, 0.1) is 5.69 Å². The molecule has 0 spiro atoms. The minimum absolute atomic E-state index is 0.621. The van der Waals surface area contributed by atoms with Crippen LogP contribution >= 0.6 is 0 Å². The molecule has 1 N–H and O–H groups in total. The Hall–Kier alpha value is -0.830. The van der Waals surface area contributed by atoms with Crippen LogP contribution in [0.2, 0.25) is 0 Å². The van der Waals surface area contributed by atoms with E-state index < -0.39 is 0 Å². The summed E-state index contributed by atoms with van der Waals surface area (Å²) in [6.45, 7) is 9.76. The molecule has 0 fully saturated rings. The molecule has 0 bridgehead atoms. The molecule has 0 aliphatic heterocycles. The third kappa shape index (κ3) is 4.50. The van der Waals surface area contributed by atoms with Crippen molar-refractivity contribution in [1.82, 2.24) is 15.1 Å². The van der Waals surface area contributed by atoms with Crippen molar-refractivity contribution >= 4 is 0 Å². The summed E-state index contributed by atoms with van der Waals surface area (Å²) in [7, 11) is 2.06. The first-order valence-electron chi connectivity index (χ1n) is 6.77. The Balaban J connectivity index is 2.52. The van der Waals surface area contributed by atoms with Gasteiger partial charge in [-0.1, -0.05) is 13.8 Å². The number of nitrogens with zero attached hydrogens (tertiary/aromatic N) is 2. The lowest BCUT2D eigenvalue weighted by Gasteiger charge is -2.18. The Bertz CT molecular complexity index is 328. The number of aromatic nitrogens is 2. The predicted molar refractivity (Wildman–Crippen MR) is 73.3 cm³/mol. The Morgan fingerprint density at radius 3 is 2.65 bits per heavy atom. The van der Waals surface area contributed by atoms with Crippen molar-refractivity contribution < 1.29 is 0 Å². The van der Waals surface area contributed by atoms with Gasteiger partial charge < -0.3 is 5.32 Å². The van der Waals surface area contributed by atoms with Crippen LogP contribution in [0.1, 0.15) is 45.0 Å². The summed E-state index contributed by atoms with van der Waals surface area (Å²) in [4.78, 5) is 0. The molecule has 1 atom stereocenters. The maximum absolute atomic E-state index is 4.49. The van der Waals surface area contributed by atoms with E-state index in [0.29, 0.717) is 6.04 Å². The summed E-state index contributed by atoms with van der Waals surface area (Å²) < 4.78 is 2.12. The van der Waals surface area contributed by atoms with Crippen molar-refractivity contribution in [2.75, 3.05) is 7.05 Å². The lowest BCUT2D eigenvalue weighted by atomic mass is 9.99. The van der Waals surface area contributed by atoms with Gasteiger partial charge in [-0.2, -0.15) is 5.10 Å². The maximum Gasteiger partial charge on any atom is 0.0596 e. The first-order valence-corrected chi connectivity index (χ1v) is 6.77. The van der Waals surface area contributed by atoms with Crippen molar-refractivity contribution in [1.29, 1.82) is 0 Å². The van der Waals surface area contributed by atoms with Crippen LogP contribution in [0.25, 0.3) is 0 Å². The van der Waals surface area contributed by atoms with E-state index in [1.807, 2.05) is 0 Å². The van der Waals surface area contributed by atoms with Crippen molar-refractivity contribution in [2.24, 2.45) is 5.92 Å². The van der Waals surface area contributed by atoms with Gasteiger partial charge in [-0.3, -0.25) is 4.68 Å². The molecule has 0 aliphatic carbocycles. The molecule has 1 unspecified atom stereocenters. The first kappa shape index (κ1) is 14.2. The molecule has 0 saturated carbocycles. The Morgan fingerprint density at radius 1 is 1.41 bits per heavy atom. The summed E-state index contributed by atoms with van der Waals surface area (Å²) in [6.07, 6.45) is 3.56. The zero-order valence-electron chi connectivity index (χ0n) is 12.0. The molecular formula is C14H27N3. The van der Waals surface area contributed by atoms with Crippen molar-refractivity contribution in [3.05, 3.63) is 17.5 Å². The molecule has 1 heterocycles. The average molecular weight is 237 g/mol. The monoisotopic (exact) mass is 237 g/mol. The fourth-order valence-corrected chi connectivity index (χ4v) is 2.35. The summed E-state index contributed by atoms with van der Waals surface area (Å²) in [5.74, 6) is 0.755. The molecule has 0 saturated heterocycles. The summed E-state index contributed by atoms with van der Waals surface area (Å²) >= 11 is 0. The van der Waals surface area contributed by atoms with Gasteiger partial charge in [0.1, 0.15) is 0 Å². The summed E-state index contributed by atoms with van der Waals surface area (Å²) in [5.41, 5.74) is 2.50. The van der Waals surface area contributed by atoms with Crippen LogP contribution in [0.3, 0.4) is 0 Å². The molecule has 0 aromatic carbocycles. The summed E-state index contributed by atoms with van der Waals surface area (Å²) in [5, 5.41) is 7.91. The second-order valence-electron chi connectivity index (χ2n) is 5.25. The topological polar surface area (TPSA) is 29.9 Å². The van der Waals surface area contributed by atoms with Crippen molar-refractivity contribution in [2.45, 2.75) is 59.5 Å². The molecule has 0 amide bonds. The highest BCUT2D eigenvalue weighted by molar-refractivity contribution is 5.09. The Morgan fingerprint density at radius 2 is 2.12 bits per heavy atom. The van der Waals surface area contributed by atoms with E-state index in [2.05, 4.69) is 55.9 Å². The van der Waals surface area contributed by atoms with Gasteiger partial charge in [0, 0.05) is 18.3 Å². The van der Waals surface area contributed by atoms with Gasteiger partial charge in [0.2, 0.25) is 0 Å². The largest absolute Gasteiger partial charge is 0.317 e. The molecule has 17 heavy (non-hydrogen) atoms. The number of hydrogen-bond donors (Lipinski definition) is 1. The fraction of sp³-hybridized carbons (Fsp3) is 0.786. The van der Waals surface area contributed by atoms with E-state index in [1.54, 1.807) is 0 Å². The molecule has 0 aliphatic rings. The minimum atomic E-state index is 0.621. The van der Waals surface area contributed by atoms with E-state index in [-0.39, 0.29) is 0 Å². The predicted octanol–water partition coefficient (Wildman–Crippen LogP) is 2.78. The number of rotatable bonds is 7. The minimum Gasteiger partial charge on any atom is -0.317 e. The standard InChI is InChI=1S/C14H27N3/c1-6-17-14(10-12(4)16-17)8-7-13(15-5)9-11(2)3/h10-11,13,15H,6-9H2,1-5H3. The van der Waals surface area contributed by atoms with Gasteiger partial charge in [-0.15, -0.1) is 0 Å². The highest BCUT2D eigenvalue weighted by atomic mass is 15.3. The first-order chi connectivity index (χ1) is 8.06. The Labute approximate surface area is 106 Å². The van der Waals surface area contributed by atoms with E-state index >= 15 is 0 Å². The third-order valence-corrected chi connectivity index (χ3v) is 3.20. The van der Waals surface area contributed by atoms with Gasteiger partial charge >= 0.3 is 0 Å². The maximum atomic E-state index is 4.49. The Kier molecular flexibility index (Phi) is 5.69. The van der Waals surface area contributed by atoms with Gasteiger partial charge in [0.15, 0.2) is 0 Å². The van der Waals surface area contributed by atoms with Crippen molar-refractivity contribution in [3.63, 3.8) is 0 Å². The average Bonchev–Trinajstić information content (AvgIpc) is 2.64. The molecule has 3 heteroatoms. The smallest absolute Gasteiger partial charge is 0.0596 e. The van der Waals surface area contributed by atoms with E-state index in [0.717, 1.165) is 24.6 Å². The number of hydrogen-bond acceptors (Lipinski definition) is 2. The second kappa shape index (κ2) is 6.80. The van der Waals surface area contributed by atoms with Crippen molar-refractivity contribution in [3.8, 4) is 0 Å². The lowest BCUT2D eigenvalue weighted by Crippen LogP contribution is -2.27. The third-order valence-electron chi connectivity index (χ3n) is 3.20. The number of aryl methyl sites for hydroxylation is 3. The highest BCUT2D eigenvalue weighted by Gasteiger charge is 2.11. The van der Waals surface area contributed by atoms with Crippen LogP contribution in [-0.4, -0.2) is 22.9 Å². The second-order valence-corrected chi connectivity index (χ2v) is 5.25. The molecule has 1 aromatic heterocycles. The summed E-state index contributed by atoms with van der Waals surface area (Å²) in [6, 6.07) is 2.83. The number of nitrogens with one attached hydrogen (secondary N) is 1. The van der Waals surface area contributed by atoms with Crippen LogP contribution in [0.5, 0.6) is 0 Å². The van der Waals surface area contributed by atoms with Crippen LogP contribution in [0, 0.1) is 12.8 Å². The van der Waals surface area contributed by atoms with Crippen LogP contribution < -0.4 is 5.32 Å². The molecule has 1 aromatic rings.